The van der Waals surface area contributed by atoms with Gasteiger partial charge in [-0.1, -0.05) is 0 Å². The summed E-state index contributed by atoms with van der Waals surface area (Å²) in [5, 5.41) is 6.50. The van der Waals surface area contributed by atoms with Crippen LogP contribution in [0.3, 0.4) is 0 Å². The van der Waals surface area contributed by atoms with Crippen LogP contribution < -0.4 is 21.9 Å². The summed E-state index contributed by atoms with van der Waals surface area (Å²) in [5.41, 5.74) is -1.24. The molecule has 1 aliphatic rings. The smallest absolute Gasteiger partial charge is 0.330 e. The number of aromatic nitrogens is 2. The quantitative estimate of drug-likeness (QED) is 0.810. The second-order valence-corrected chi connectivity index (χ2v) is 7.77. The molecule has 1 aromatic heterocycles. The predicted octanol–water partition coefficient (Wildman–Crippen LogP) is 0.123. The molecule has 128 valence electrons. The maximum absolute atomic E-state index is 12.5. The molecule has 1 amide bonds. The SMILES string of the molecule is Cn1cc(C(=O)NC2CC(C)(C)NC(C)(C)C2)c(=O)n(C)c1=O. The van der Waals surface area contributed by atoms with Crippen molar-refractivity contribution in [3.8, 4) is 0 Å². The first-order valence-electron chi connectivity index (χ1n) is 7.79. The fourth-order valence-corrected chi connectivity index (χ4v) is 3.65. The Morgan fingerprint density at radius 3 is 2.22 bits per heavy atom. The van der Waals surface area contributed by atoms with Gasteiger partial charge in [0.1, 0.15) is 5.56 Å². The summed E-state index contributed by atoms with van der Waals surface area (Å²) in [6.07, 6.45) is 2.85. The number of hydrogen-bond acceptors (Lipinski definition) is 4. The van der Waals surface area contributed by atoms with E-state index in [9.17, 15) is 14.4 Å². The van der Waals surface area contributed by atoms with E-state index in [1.807, 2.05) is 0 Å². The molecule has 0 aromatic carbocycles. The molecule has 0 spiro atoms. The van der Waals surface area contributed by atoms with Crippen LogP contribution in [0.15, 0.2) is 15.8 Å². The lowest BCUT2D eigenvalue weighted by Gasteiger charge is -2.46. The lowest BCUT2D eigenvalue weighted by molar-refractivity contribution is 0.0870. The highest BCUT2D eigenvalue weighted by Crippen LogP contribution is 2.28. The summed E-state index contributed by atoms with van der Waals surface area (Å²) in [7, 11) is 2.90. The van der Waals surface area contributed by atoms with Gasteiger partial charge < -0.3 is 15.2 Å². The van der Waals surface area contributed by atoms with E-state index in [4.69, 9.17) is 0 Å². The van der Waals surface area contributed by atoms with Crippen LogP contribution in [0, 0.1) is 0 Å². The van der Waals surface area contributed by atoms with Crippen LogP contribution in [0.5, 0.6) is 0 Å². The van der Waals surface area contributed by atoms with Crippen molar-refractivity contribution >= 4 is 5.91 Å². The Labute approximate surface area is 135 Å². The van der Waals surface area contributed by atoms with Crippen molar-refractivity contribution in [3.63, 3.8) is 0 Å². The zero-order chi connectivity index (χ0) is 17.6. The fraction of sp³-hybridized carbons (Fsp3) is 0.688. The summed E-state index contributed by atoms with van der Waals surface area (Å²) in [6.45, 7) is 8.38. The molecule has 23 heavy (non-hydrogen) atoms. The molecule has 2 N–H and O–H groups in total. The van der Waals surface area contributed by atoms with Crippen LogP contribution in [0.25, 0.3) is 0 Å². The first-order valence-corrected chi connectivity index (χ1v) is 7.79. The number of nitrogens with zero attached hydrogens (tertiary/aromatic N) is 2. The van der Waals surface area contributed by atoms with Gasteiger partial charge >= 0.3 is 5.69 Å². The Morgan fingerprint density at radius 1 is 1.17 bits per heavy atom. The van der Waals surface area contributed by atoms with Crippen LogP contribution in [0.1, 0.15) is 50.9 Å². The molecule has 1 fully saturated rings. The average molecular weight is 322 g/mol. The van der Waals surface area contributed by atoms with Crippen molar-refractivity contribution in [2.24, 2.45) is 14.1 Å². The van der Waals surface area contributed by atoms with E-state index < -0.39 is 17.2 Å². The monoisotopic (exact) mass is 322 g/mol. The van der Waals surface area contributed by atoms with E-state index in [-0.39, 0.29) is 22.7 Å². The third-order valence-corrected chi connectivity index (χ3v) is 4.22. The molecule has 0 radical (unpaired) electrons. The van der Waals surface area contributed by atoms with Crippen LogP contribution in [-0.4, -0.2) is 32.2 Å². The lowest BCUT2D eigenvalue weighted by atomic mass is 9.79. The summed E-state index contributed by atoms with van der Waals surface area (Å²) < 4.78 is 2.19. The Hall–Kier alpha value is -1.89. The summed E-state index contributed by atoms with van der Waals surface area (Å²) in [4.78, 5) is 36.4. The largest absolute Gasteiger partial charge is 0.349 e. The summed E-state index contributed by atoms with van der Waals surface area (Å²) in [5.74, 6) is -0.431. The van der Waals surface area contributed by atoms with Gasteiger partial charge in [-0.15, -0.1) is 0 Å². The second-order valence-electron chi connectivity index (χ2n) is 7.77. The van der Waals surface area contributed by atoms with Crippen LogP contribution in [0.2, 0.25) is 0 Å². The second kappa shape index (κ2) is 5.63. The van der Waals surface area contributed by atoms with E-state index in [0.29, 0.717) is 0 Å². The lowest BCUT2D eigenvalue weighted by Crippen LogP contribution is -2.62. The molecule has 1 saturated heterocycles. The molecular weight excluding hydrogens is 296 g/mol. The number of rotatable bonds is 2. The standard InChI is InChI=1S/C16H26N4O3/c1-15(2)7-10(8-16(3,4)18-15)17-12(21)11-9-19(5)14(23)20(6)13(11)22/h9-10,18H,7-8H2,1-6H3,(H,17,21). The highest BCUT2D eigenvalue weighted by atomic mass is 16.2. The first kappa shape index (κ1) is 17.5. The van der Waals surface area contributed by atoms with E-state index in [1.165, 1.54) is 24.9 Å². The third kappa shape index (κ3) is 3.72. The minimum Gasteiger partial charge on any atom is -0.349 e. The van der Waals surface area contributed by atoms with Crippen molar-refractivity contribution in [1.29, 1.82) is 0 Å². The first-order chi connectivity index (χ1) is 10.4. The van der Waals surface area contributed by atoms with Gasteiger partial charge in [-0.2, -0.15) is 0 Å². The number of aryl methyl sites for hydroxylation is 1. The summed E-state index contributed by atoms with van der Waals surface area (Å²) in [6, 6.07) is -0.0318. The molecule has 1 aromatic rings. The Bertz CT molecular complexity index is 727. The topological polar surface area (TPSA) is 85.1 Å². The number of nitrogens with one attached hydrogen (secondary N) is 2. The van der Waals surface area contributed by atoms with Crippen LogP contribution in [-0.2, 0) is 14.1 Å². The molecule has 2 heterocycles. The van der Waals surface area contributed by atoms with Crippen molar-refractivity contribution in [2.45, 2.75) is 57.7 Å². The molecule has 0 bridgehead atoms. The average Bonchev–Trinajstić information content (AvgIpc) is 2.36. The molecule has 7 nitrogen and oxygen atoms in total. The highest BCUT2D eigenvalue weighted by molar-refractivity contribution is 5.93. The number of piperidine rings is 1. The zero-order valence-electron chi connectivity index (χ0n) is 14.7. The van der Waals surface area contributed by atoms with Crippen molar-refractivity contribution in [1.82, 2.24) is 19.8 Å². The van der Waals surface area contributed by atoms with Gasteiger partial charge in [-0.05, 0) is 40.5 Å². The predicted molar refractivity (Wildman–Crippen MR) is 88.7 cm³/mol. The van der Waals surface area contributed by atoms with Gasteiger partial charge in [0.05, 0.1) is 0 Å². The van der Waals surface area contributed by atoms with Gasteiger partial charge in [0.15, 0.2) is 0 Å². The third-order valence-electron chi connectivity index (χ3n) is 4.22. The molecule has 2 rings (SSSR count). The maximum Gasteiger partial charge on any atom is 0.330 e. The molecule has 0 aliphatic carbocycles. The highest BCUT2D eigenvalue weighted by Gasteiger charge is 2.38. The van der Waals surface area contributed by atoms with Crippen LogP contribution >= 0.6 is 0 Å². The maximum atomic E-state index is 12.5. The van der Waals surface area contributed by atoms with Gasteiger partial charge in [-0.25, -0.2) is 4.79 Å². The Balaban J connectivity index is 2.26. The van der Waals surface area contributed by atoms with Crippen molar-refractivity contribution in [2.75, 3.05) is 0 Å². The molecule has 7 heteroatoms. The van der Waals surface area contributed by atoms with Gasteiger partial charge in [0, 0.05) is 37.4 Å². The summed E-state index contributed by atoms with van der Waals surface area (Å²) >= 11 is 0. The van der Waals surface area contributed by atoms with Crippen LogP contribution in [0.4, 0.5) is 0 Å². The van der Waals surface area contributed by atoms with Crippen molar-refractivity contribution < 1.29 is 4.79 Å². The number of carbonyl (C=O) groups excluding carboxylic acids is 1. The minimum absolute atomic E-state index is 0.0104. The molecular formula is C16H26N4O3. The molecule has 0 saturated carbocycles. The zero-order valence-corrected chi connectivity index (χ0v) is 14.7. The minimum atomic E-state index is -0.571. The Kier molecular flexibility index (Phi) is 4.28. The number of carbonyl (C=O) groups is 1. The molecule has 0 unspecified atom stereocenters. The fourth-order valence-electron chi connectivity index (χ4n) is 3.65. The number of hydrogen-bond donors (Lipinski definition) is 2. The molecule has 0 atom stereocenters. The van der Waals surface area contributed by atoms with Gasteiger partial charge in [0.25, 0.3) is 11.5 Å². The molecule has 1 aliphatic heterocycles. The van der Waals surface area contributed by atoms with Gasteiger partial charge in [0.2, 0.25) is 0 Å². The van der Waals surface area contributed by atoms with E-state index in [1.54, 1.807) is 0 Å². The van der Waals surface area contributed by atoms with Gasteiger partial charge in [-0.3, -0.25) is 14.2 Å². The Morgan fingerprint density at radius 2 is 1.70 bits per heavy atom. The number of amides is 1. The van der Waals surface area contributed by atoms with E-state index in [0.717, 1.165) is 17.4 Å². The van der Waals surface area contributed by atoms with E-state index in [2.05, 4.69) is 38.3 Å². The van der Waals surface area contributed by atoms with Crippen molar-refractivity contribution in [3.05, 3.63) is 32.6 Å². The van der Waals surface area contributed by atoms with E-state index >= 15 is 0 Å². The normalized spacial score (nSPS) is 20.3.